The van der Waals surface area contributed by atoms with Gasteiger partial charge in [-0.15, -0.1) is 0 Å². The largest absolute Gasteiger partial charge is 0.375 e. The van der Waals surface area contributed by atoms with Gasteiger partial charge >= 0.3 is 0 Å². The van der Waals surface area contributed by atoms with Crippen molar-refractivity contribution in [2.75, 3.05) is 5.32 Å². The molecule has 6 heteroatoms. The summed E-state index contributed by atoms with van der Waals surface area (Å²) in [4.78, 5) is 15.2. The Labute approximate surface area is 138 Å². The first kappa shape index (κ1) is 14.2. The summed E-state index contributed by atoms with van der Waals surface area (Å²) < 4.78 is 0. The van der Waals surface area contributed by atoms with Gasteiger partial charge in [-0.2, -0.15) is 0 Å². The molecule has 23 heavy (non-hydrogen) atoms. The number of hydrogen-bond donors (Lipinski definition) is 1. The molecule has 0 unspecified atom stereocenters. The number of nitrogens with zero attached hydrogens (tertiary/aromatic N) is 2. The topological polar surface area (TPSA) is 68.1 Å². The molecule has 2 aromatic rings. The number of aromatic nitrogens is 1. The summed E-state index contributed by atoms with van der Waals surface area (Å²) in [5.41, 5.74) is 2.67. The standard InChI is InChI=1S/C17H14ClN3O2/c18-14-9-10(21(22)23)8-13-11-4-3-5-12(11)17(20-16(13)14)15-6-1-2-7-19-15/h1-4,6-9,11-12,17,20H,5H2/t11-,12+,17-/m1/s1. The summed E-state index contributed by atoms with van der Waals surface area (Å²) in [5, 5.41) is 15.0. The number of pyridine rings is 1. The van der Waals surface area contributed by atoms with Crippen molar-refractivity contribution >= 4 is 23.0 Å². The minimum atomic E-state index is -0.398. The molecule has 116 valence electrons. The summed E-state index contributed by atoms with van der Waals surface area (Å²) in [7, 11) is 0. The third-order valence-electron chi connectivity index (χ3n) is 4.62. The molecule has 0 bridgehead atoms. The highest BCUT2D eigenvalue weighted by Gasteiger charge is 2.40. The third kappa shape index (κ3) is 2.28. The molecular weight excluding hydrogens is 314 g/mol. The summed E-state index contributed by atoms with van der Waals surface area (Å²) in [6.07, 6.45) is 6.95. The Morgan fingerprint density at radius 1 is 1.35 bits per heavy atom. The lowest BCUT2D eigenvalue weighted by molar-refractivity contribution is -0.384. The van der Waals surface area contributed by atoms with Crippen molar-refractivity contribution in [3.8, 4) is 0 Å². The molecule has 2 heterocycles. The fourth-order valence-electron chi connectivity index (χ4n) is 3.60. The van der Waals surface area contributed by atoms with Gasteiger partial charge in [-0.05, 0) is 30.0 Å². The van der Waals surface area contributed by atoms with Crippen LogP contribution in [0, 0.1) is 16.0 Å². The van der Waals surface area contributed by atoms with Gasteiger partial charge in [0.2, 0.25) is 0 Å². The number of halogens is 1. The molecule has 0 radical (unpaired) electrons. The first-order valence-electron chi connectivity index (χ1n) is 7.47. The quantitative estimate of drug-likeness (QED) is 0.502. The van der Waals surface area contributed by atoms with E-state index in [1.54, 1.807) is 12.3 Å². The number of rotatable bonds is 2. The highest BCUT2D eigenvalue weighted by atomic mass is 35.5. The van der Waals surface area contributed by atoms with Crippen molar-refractivity contribution in [1.82, 2.24) is 4.98 Å². The number of benzene rings is 1. The monoisotopic (exact) mass is 327 g/mol. The smallest absolute Gasteiger partial charge is 0.271 e. The molecule has 0 amide bonds. The number of non-ortho nitro benzene ring substituents is 1. The van der Waals surface area contributed by atoms with Crippen LogP contribution in [0.1, 0.15) is 29.6 Å². The van der Waals surface area contributed by atoms with Crippen molar-refractivity contribution in [2.24, 2.45) is 5.92 Å². The van der Waals surface area contributed by atoms with Gasteiger partial charge in [0.1, 0.15) is 0 Å². The van der Waals surface area contributed by atoms with Crippen LogP contribution >= 0.6 is 11.6 Å². The molecule has 0 fully saturated rings. The van der Waals surface area contributed by atoms with Crippen LogP contribution in [0.2, 0.25) is 5.02 Å². The second-order valence-corrected chi connectivity index (χ2v) is 6.29. The summed E-state index contributed by atoms with van der Waals surface area (Å²) in [6.45, 7) is 0. The summed E-state index contributed by atoms with van der Waals surface area (Å²) in [5.74, 6) is 0.408. The maximum absolute atomic E-state index is 11.1. The van der Waals surface area contributed by atoms with E-state index in [1.165, 1.54) is 6.07 Å². The van der Waals surface area contributed by atoms with E-state index < -0.39 is 4.92 Å². The Hall–Kier alpha value is -2.40. The van der Waals surface area contributed by atoms with Gasteiger partial charge < -0.3 is 5.32 Å². The van der Waals surface area contributed by atoms with Crippen LogP contribution in [0.5, 0.6) is 0 Å². The zero-order chi connectivity index (χ0) is 16.0. The molecule has 1 aliphatic heterocycles. The van der Waals surface area contributed by atoms with Gasteiger partial charge in [-0.1, -0.05) is 29.8 Å². The lowest BCUT2D eigenvalue weighted by atomic mass is 9.78. The van der Waals surface area contributed by atoms with Crippen LogP contribution in [0.15, 0.2) is 48.7 Å². The zero-order valence-electron chi connectivity index (χ0n) is 12.1. The molecular formula is C17H14ClN3O2. The number of hydrogen-bond acceptors (Lipinski definition) is 4. The number of fused-ring (bicyclic) bond motifs is 3. The van der Waals surface area contributed by atoms with Crippen molar-refractivity contribution < 1.29 is 4.92 Å². The first-order chi connectivity index (χ1) is 11.1. The number of anilines is 1. The minimum Gasteiger partial charge on any atom is -0.375 e. The zero-order valence-corrected chi connectivity index (χ0v) is 12.9. The molecule has 1 aromatic carbocycles. The molecule has 0 spiro atoms. The highest BCUT2D eigenvalue weighted by Crippen LogP contribution is 2.52. The molecule has 3 atom stereocenters. The van der Waals surface area contributed by atoms with Crippen molar-refractivity contribution in [2.45, 2.75) is 18.4 Å². The third-order valence-corrected chi connectivity index (χ3v) is 4.92. The van der Waals surface area contributed by atoms with Crippen LogP contribution < -0.4 is 5.32 Å². The van der Waals surface area contributed by atoms with E-state index in [4.69, 9.17) is 11.6 Å². The van der Waals surface area contributed by atoms with Crippen molar-refractivity contribution in [1.29, 1.82) is 0 Å². The Kier molecular flexibility index (Phi) is 3.31. The normalized spacial score (nSPS) is 24.7. The van der Waals surface area contributed by atoms with E-state index in [0.717, 1.165) is 23.4 Å². The second-order valence-electron chi connectivity index (χ2n) is 5.88. The second kappa shape index (κ2) is 5.35. The SMILES string of the molecule is O=[N+]([O-])c1cc(Cl)c2c(c1)[C@@H]1C=CC[C@@H]1[C@H](c1ccccn1)N2. The highest BCUT2D eigenvalue weighted by molar-refractivity contribution is 6.33. The molecule has 1 N–H and O–H groups in total. The average molecular weight is 328 g/mol. The van der Waals surface area contributed by atoms with E-state index in [-0.39, 0.29) is 23.6 Å². The van der Waals surface area contributed by atoms with Gasteiger partial charge in [0.25, 0.3) is 5.69 Å². The van der Waals surface area contributed by atoms with Crippen molar-refractivity contribution in [3.63, 3.8) is 0 Å². The molecule has 4 rings (SSSR count). The van der Waals surface area contributed by atoms with Gasteiger partial charge in [0, 0.05) is 24.2 Å². The van der Waals surface area contributed by atoms with E-state index in [1.807, 2.05) is 18.2 Å². The molecule has 0 saturated heterocycles. The Morgan fingerprint density at radius 3 is 2.96 bits per heavy atom. The van der Waals surface area contributed by atoms with Crippen LogP contribution in [-0.4, -0.2) is 9.91 Å². The Bertz CT molecular complexity index is 807. The fraction of sp³-hybridized carbons (Fsp3) is 0.235. The molecule has 0 saturated carbocycles. The predicted octanol–water partition coefficient (Wildman–Crippen LogP) is 4.47. The lowest BCUT2D eigenvalue weighted by Crippen LogP contribution is -2.30. The van der Waals surface area contributed by atoms with E-state index in [2.05, 4.69) is 22.5 Å². The maximum atomic E-state index is 11.1. The Morgan fingerprint density at radius 2 is 2.22 bits per heavy atom. The number of nitrogens with one attached hydrogen (secondary N) is 1. The number of nitro benzene ring substituents is 1. The van der Waals surface area contributed by atoms with Crippen LogP contribution in [0.25, 0.3) is 0 Å². The van der Waals surface area contributed by atoms with Gasteiger partial charge in [0.05, 0.1) is 27.4 Å². The summed E-state index contributed by atoms with van der Waals surface area (Å²) >= 11 is 6.32. The summed E-state index contributed by atoms with van der Waals surface area (Å²) in [6, 6.07) is 8.94. The van der Waals surface area contributed by atoms with Crippen LogP contribution in [0.4, 0.5) is 11.4 Å². The molecule has 1 aromatic heterocycles. The number of allylic oxidation sites excluding steroid dienone is 2. The van der Waals surface area contributed by atoms with Crippen LogP contribution in [-0.2, 0) is 0 Å². The Balaban J connectivity index is 1.84. The lowest BCUT2D eigenvalue weighted by Gasteiger charge is -2.37. The van der Waals surface area contributed by atoms with E-state index in [9.17, 15) is 10.1 Å². The first-order valence-corrected chi connectivity index (χ1v) is 7.85. The van der Waals surface area contributed by atoms with E-state index in [0.29, 0.717) is 5.02 Å². The average Bonchev–Trinajstić information content (AvgIpc) is 3.04. The van der Waals surface area contributed by atoms with Crippen LogP contribution in [0.3, 0.4) is 0 Å². The molecule has 1 aliphatic carbocycles. The molecule has 5 nitrogen and oxygen atoms in total. The maximum Gasteiger partial charge on any atom is 0.271 e. The van der Waals surface area contributed by atoms with Gasteiger partial charge in [0.15, 0.2) is 0 Å². The van der Waals surface area contributed by atoms with E-state index >= 15 is 0 Å². The van der Waals surface area contributed by atoms with Gasteiger partial charge in [-0.3, -0.25) is 15.1 Å². The van der Waals surface area contributed by atoms with Crippen molar-refractivity contribution in [3.05, 3.63) is 75.1 Å². The minimum absolute atomic E-state index is 0.0332. The fourth-order valence-corrected chi connectivity index (χ4v) is 3.87. The molecule has 2 aliphatic rings. The van der Waals surface area contributed by atoms with Gasteiger partial charge in [-0.25, -0.2) is 0 Å². The number of nitro groups is 1. The predicted molar refractivity (Wildman–Crippen MR) is 88.7 cm³/mol.